The van der Waals surface area contributed by atoms with Gasteiger partial charge in [-0.3, -0.25) is 18.8 Å². The summed E-state index contributed by atoms with van der Waals surface area (Å²) in [7, 11) is 1.77. The minimum atomic E-state index is -0.492. The molecule has 0 saturated heterocycles. The first-order chi connectivity index (χ1) is 19.2. The van der Waals surface area contributed by atoms with Crippen LogP contribution in [0.5, 0.6) is 0 Å². The van der Waals surface area contributed by atoms with E-state index in [4.69, 9.17) is 36.0 Å². The summed E-state index contributed by atoms with van der Waals surface area (Å²) in [6.45, 7) is 1.78. The van der Waals surface area contributed by atoms with Gasteiger partial charge in [-0.15, -0.1) is 0 Å². The summed E-state index contributed by atoms with van der Waals surface area (Å²) in [5, 5.41) is 9.92. The van der Waals surface area contributed by atoms with Crippen LogP contribution in [0.3, 0.4) is 0 Å². The number of rotatable bonds is 6. The van der Waals surface area contributed by atoms with Crippen LogP contribution in [-0.4, -0.2) is 25.0 Å². The van der Waals surface area contributed by atoms with E-state index in [1.807, 2.05) is 60.7 Å². The smallest absolute Gasteiger partial charge is 0.295 e. The van der Waals surface area contributed by atoms with Crippen molar-refractivity contribution in [2.75, 3.05) is 16.0 Å². The maximum absolute atomic E-state index is 13.7. The van der Waals surface area contributed by atoms with Crippen molar-refractivity contribution in [2.45, 2.75) is 6.92 Å². The predicted octanol–water partition coefficient (Wildman–Crippen LogP) is 6.78. The molecule has 5 aromatic rings. The summed E-state index contributed by atoms with van der Waals surface area (Å²) < 4.78 is 5.38. The fourth-order valence-electron chi connectivity index (χ4n) is 4.14. The Morgan fingerprint density at radius 3 is 2.10 bits per heavy atom. The number of amides is 1. The number of halogens is 1. The van der Waals surface area contributed by atoms with Crippen LogP contribution in [0.4, 0.5) is 17.2 Å². The van der Waals surface area contributed by atoms with Gasteiger partial charge in [-0.2, -0.15) is 0 Å². The zero-order valence-electron chi connectivity index (χ0n) is 21.3. The molecule has 0 aliphatic rings. The number of thiocarbonyl (C=S) groups is 1. The quantitative estimate of drug-likeness (QED) is 0.185. The standard InChI is InChI=1S/C28H23ClN6O2S3/c1-17-22(26(37)35(33(17)2)21-11-7-4-8-12-21)31-25(36)23-24(32-27(38)30-19-15-13-18(29)14-16-19)34(28(39)40-23)20-9-5-3-6-10-20/h3-16H,1-2H3,(H,31,36)(H2,30,32,38). The van der Waals surface area contributed by atoms with E-state index >= 15 is 0 Å². The molecule has 1 amide bonds. The molecule has 0 bridgehead atoms. The summed E-state index contributed by atoms with van der Waals surface area (Å²) >= 11 is 18.4. The first-order valence-corrected chi connectivity index (χ1v) is 14.1. The maximum atomic E-state index is 13.7. The Morgan fingerprint density at radius 2 is 1.48 bits per heavy atom. The number of anilines is 3. The Balaban J connectivity index is 1.52. The molecule has 2 aromatic heterocycles. The monoisotopic (exact) mass is 606 g/mol. The van der Waals surface area contributed by atoms with Crippen molar-refractivity contribution in [1.29, 1.82) is 0 Å². The molecule has 12 heteroatoms. The average molecular weight is 607 g/mol. The zero-order chi connectivity index (χ0) is 28.4. The number of nitrogens with one attached hydrogen (secondary N) is 3. The third kappa shape index (κ3) is 5.50. The molecule has 3 N–H and O–H groups in total. The van der Waals surface area contributed by atoms with E-state index in [0.29, 0.717) is 26.2 Å². The Kier molecular flexibility index (Phi) is 7.99. The lowest BCUT2D eigenvalue weighted by atomic mass is 10.3. The van der Waals surface area contributed by atoms with Gasteiger partial charge >= 0.3 is 0 Å². The molecule has 0 spiro atoms. The highest BCUT2D eigenvalue weighted by Crippen LogP contribution is 2.30. The lowest BCUT2D eigenvalue weighted by Crippen LogP contribution is -2.25. The number of thiazole rings is 1. The van der Waals surface area contributed by atoms with Crippen molar-refractivity contribution in [3.63, 3.8) is 0 Å². The van der Waals surface area contributed by atoms with Crippen molar-refractivity contribution in [3.8, 4) is 11.4 Å². The highest BCUT2D eigenvalue weighted by molar-refractivity contribution is 7.80. The number of nitrogens with zero attached hydrogens (tertiary/aromatic N) is 3. The van der Waals surface area contributed by atoms with Crippen LogP contribution in [0.15, 0.2) is 89.7 Å². The van der Waals surface area contributed by atoms with Crippen molar-refractivity contribution in [3.05, 3.63) is 115 Å². The van der Waals surface area contributed by atoms with Crippen molar-refractivity contribution >= 4 is 75.6 Å². The third-order valence-electron chi connectivity index (χ3n) is 6.16. The molecule has 0 fully saturated rings. The number of carbonyl (C=O) groups excluding carboxylic acids is 1. The highest BCUT2D eigenvalue weighted by Gasteiger charge is 2.25. The molecule has 5 rings (SSSR count). The lowest BCUT2D eigenvalue weighted by Gasteiger charge is -2.15. The number of hydrogen-bond donors (Lipinski definition) is 3. The molecule has 0 atom stereocenters. The SMILES string of the molecule is Cc1c(NC(=O)c2sc(=S)n(-c3ccccc3)c2NC(=S)Nc2ccc(Cl)cc2)c(=O)n(-c2ccccc2)n1C. The Bertz CT molecular complexity index is 1820. The summed E-state index contributed by atoms with van der Waals surface area (Å²) in [6.07, 6.45) is 0. The number of hydrogen-bond acceptors (Lipinski definition) is 5. The van der Waals surface area contributed by atoms with E-state index in [-0.39, 0.29) is 21.2 Å². The molecule has 3 aromatic carbocycles. The Hall–Kier alpha value is -4.03. The fraction of sp³-hybridized carbons (Fsp3) is 0.0714. The van der Waals surface area contributed by atoms with Crippen molar-refractivity contribution in [1.82, 2.24) is 13.9 Å². The minimum Gasteiger partial charge on any atom is -0.332 e. The normalized spacial score (nSPS) is 10.8. The number of aromatic nitrogens is 3. The molecule has 0 aliphatic heterocycles. The van der Waals surface area contributed by atoms with Gasteiger partial charge in [0.2, 0.25) is 0 Å². The molecule has 0 saturated carbocycles. The molecule has 0 aliphatic carbocycles. The average Bonchev–Trinajstić information content (AvgIpc) is 3.38. The number of benzene rings is 3. The van der Waals surface area contributed by atoms with Crippen LogP contribution < -0.4 is 21.5 Å². The van der Waals surface area contributed by atoms with Gasteiger partial charge in [-0.1, -0.05) is 59.3 Å². The summed E-state index contributed by atoms with van der Waals surface area (Å²) in [4.78, 5) is 27.4. The van der Waals surface area contributed by atoms with Gasteiger partial charge in [0, 0.05) is 23.4 Å². The van der Waals surface area contributed by atoms with Gasteiger partial charge in [0.1, 0.15) is 16.4 Å². The highest BCUT2D eigenvalue weighted by atomic mass is 35.5. The van der Waals surface area contributed by atoms with Crippen molar-refractivity contribution < 1.29 is 4.79 Å². The second-order valence-electron chi connectivity index (χ2n) is 8.69. The number of para-hydroxylation sites is 2. The Morgan fingerprint density at radius 1 is 0.875 bits per heavy atom. The summed E-state index contributed by atoms with van der Waals surface area (Å²) in [6, 6.07) is 25.7. The van der Waals surface area contributed by atoms with E-state index < -0.39 is 5.91 Å². The summed E-state index contributed by atoms with van der Waals surface area (Å²) in [5.41, 5.74) is 2.58. The van der Waals surface area contributed by atoms with Gasteiger partial charge < -0.3 is 16.0 Å². The van der Waals surface area contributed by atoms with Gasteiger partial charge in [0.05, 0.1) is 11.4 Å². The lowest BCUT2D eigenvalue weighted by molar-refractivity contribution is 0.103. The summed E-state index contributed by atoms with van der Waals surface area (Å²) in [5.74, 6) is -0.115. The van der Waals surface area contributed by atoms with Gasteiger partial charge in [0.25, 0.3) is 11.5 Å². The van der Waals surface area contributed by atoms with Crippen LogP contribution in [0.25, 0.3) is 11.4 Å². The second-order valence-corrected chi connectivity index (χ2v) is 11.2. The molecule has 0 radical (unpaired) electrons. The molecular formula is C28H23ClN6O2S3. The molecule has 40 heavy (non-hydrogen) atoms. The molecule has 2 heterocycles. The molecular weight excluding hydrogens is 584 g/mol. The second kappa shape index (κ2) is 11.6. The van der Waals surface area contributed by atoms with Crippen LogP contribution in [0.2, 0.25) is 5.02 Å². The van der Waals surface area contributed by atoms with Gasteiger partial charge in [-0.25, -0.2) is 4.68 Å². The predicted molar refractivity (Wildman–Crippen MR) is 169 cm³/mol. The van der Waals surface area contributed by atoms with Crippen LogP contribution in [0.1, 0.15) is 15.4 Å². The molecule has 0 unspecified atom stereocenters. The maximum Gasteiger partial charge on any atom is 0.295 e. The molecule has 202 valence electrons. The van der Waals surface area contributed by atoms with Crippen molar-refractivity contribution in [2.24, 2.45) is 7.05 Å². The molecule has 8 nitrogen and oxygen atoms in total. The first-order valence-electron chi connectivity index (χ1n) is 12.0. The number of carbonyl (C=O) groups is 1. The van der Waals surface area contributed by atoms with E-state index in [0.717, 1.165) is 22.7 Å². The third-order valence-corrected chi connectivity index (χ3v) is 7.99. The largest absolute Gasteiger partial charge is 0.332 e. The van der Waals surface area contributed by atoms with E-state index in [1.165, 1.54) is 4.68 Å². The topological polar surface area (TPSA) is 85.0 Å². The van der Waals surface area contributed by atoms with E-state index in [1.54, 1.807) is 47.5 Å². The van der Waals surface area contributed by atoms with Crippen LogP contribution in [0, 0.1) is 10.9 Å². The minimum absolute atomic E-state index is 0.176. The first kappa shape index (κ1) is 27.5. The van der Waals surface area contributed by atoms with E-state index in [2.05, 4.69) is 16.0 Å². The fourth-order valence-corrected chi connectivity index (χ4v) is 5.77. The zero-order valence-corrected chi connectivity index (χ0v) is 24.5. The Labute approximate surface area is 249 Å². The van der Waals surface area contributed by atoms with Crippen LogP contribution >= 0.6 is 47.4 Å². The van der Waals surface area contributed by atoms with Gasteiger partial charge in [0.15, 0.2) is 9.07 Å². The van der Waals surface area contributed by atoms with E-state index in [9.17, 15) is 9.59 Å². The van der Waals surface area contributed by atoms with Crippen LogP contribution in [-0.2, 0) is 7.05 Å². The van der Waals surface area contributed by atoms with Gasteiger partial charge in [-0.05, 0) is 79.9 Å².